The number of hydrogen-bond acceptors (Lipinski definition) is 3. The number of aryl methyl sites for hydroxylation is 1. The Bertz CT molecular complexity index is 442. The summed E-state index contributed by atoms with van der Waals surface area (Å²) in [6.45, 7) is 2.33. The largest absolute Gasteiger partial charge is 0.481 e. The van der Waals surface area contributed by atoms with E-state index in [1.165, 1.54) is 12.8 Å². The molecular formula is C14H21N3O2. The van der Waals surface area contributed by atoms with Crippen LogP contribution in [-0.4, -0.2) is 24.2 Å². The van der Waals surface area contributed by atoms with Gasteiger partial charge in [0.05, 0.1) is 7.11 Å². The molecule has 0 spiro atoms. The van der Waals surface area contributed by atoms with Crippen LogP contribution in [-0.2, 0) is 6.54 Å². The molecule has 1 saturated carbocycles. The summed E-state index contributed by atoms with van der Waals surface area (Å²) in [5.41, 5.74) is 1.78. The lowest BCUT2D eigenvalue weighted by Crippen LogP contribution is -2.40. The molecule has 0 bridgehead atoms. The zero-order valence-corrected chi connectivity index (χ0v) is 11.5. The van der Waals surface area contributed by atoms with Crippen molar-refractivity contribution in [3.8, 4) is 5.88 Å². The Balaban J connectivity index is 1.85. The fourth-order valence-corrected chi connectivity index (χ4v) is 2.36. The molecule has 0 aromatic carbocycles. The van der Waals surface area contributed by atoms with Gasteiger partial charge in [-0.3, -0.25) is 0 Å². The number of ether oxygens (including phenoxy) is 1. The summed E-state index contributed by atoms with van der Waals surface area (Å²) in [6, 6.07) is 4.05. The molecule has 1 heterocycles. The number of aromatic nitrogens is 1. The highest BCUT2D eigenvalue weighted by Crippen LogP contribution is 2.18. The Morgan fingerprint density at radius 1 is 1.42 bits per heavy atom. The standard InChI is InChI=1S/C14H21N3O2/c1-10-7-8-11(13(16-10)19-2)9-15-14(18)17-12-5-3-4-6-12/h7-8,12H,3-6,9H2,1-2H3,(H2,15,17,18). The van der Waals surface area contributed by atoms with Gasteiger partial charge in [0.2, 0.25) is 5.88 Å². The second-order valence-electron chi connectivity index (χ2n) is 4.93. The van der Waals surface area contributed by atoms with Crippen LogP contribution in [0.25, 0.3) is 0 Å². The average molecular weight is 263 g/mol. The van der Waals surface area contributed by atoms with Gasteiger partial charge in [-0.1, -0.05) is 18.9 Å². The number of nitrogens with zero attached hydrogens (tertiary/aromatic N) is 1. The summed E-state index contributed by atoms with van der Waals surface area (Å²) >= 11 is 0. The van der Waals surface area contributed by atoms with Crippen LogP contribution in [0.15, 0.2) is 12.1 Å². The third-order valence-electron chi connectivity index (χ3n) is 3.40. The van der Waals surface area contributed by atoms with Gasteiger partial charge >= 0.3 is 6.03 Å². The molecule has 104 valence electrons. The molecule has 0 aliphatic heterocycles. The third kappa shape index (κ3) is 3.84. The summed E-state index contributed by atoms with van der Waals surface area (Å²) in [5.74, 6) is 0.571. The minimum atomic E-state index is -0.116. The fraction of sp³-hybridized carbons (Fsp3) is 0.571. The normalized spacial score (nSPS) is 15.3. The minimum Gasteiger partial charge on any atom is -0.481 e. The fourth-order valence-electron chi connectivity index (χ4n) is 2.36. The summed E-state index contributed by atoms with van der Waals surface area (Å²) in [5, 5.41) is 5.84. The Labute approximate surface area is 113 Å². The zero-order chi connectivity index (χ0) is 13.7. The summed E-state index contributed by atoms with van der Waals surface area (Å²) in [7, 11) is 1.59. The SMILES string of the molecule is COc1nc(C)ccc1CNC(=O)NC1CCCC1. The molecule has 0 radical (unpaired) electrons. The molecule has 0 unspecified atom stereocenters. The molecule has 1 aromatic heterocycles. The molecule has 2 amide bonds. The molecule has 1 aliphatic rings. The van der Waals surface area contributed by atoms with Crippen LogP contribution < -0.4 is 15.4 Å². The molecule has 1 aromatic rings. The van der Waals surface area contributed by atoms with Crippen molar-refractivity contribution in [2.24, 2.45) is 0 Å². The first-order valence-corrected chi connectivity index (χ1v) is 6.74. The van der Waals surface area contributed by atoms with Crippen molar-refractivity contribution < 1.29 is 9.53 Å². The highest BCUT2D eigenvalue weighted by Gasteiger charge is 2.17. The monoisotopic (exact) mass is 263 g/mol. The number of carbonyl (C=O) groups excluding carboxylic acids is 1. The summed E-state index contributed by atoms with van der Waals surface area (Å²) in [4.78, 5) is 16.0. The van der Waals surface area contributed by atoms with Crippen molar-refractivity contribution in [1.29, 1.82) is 0 Å². The lowest BCUT2D eigenvalue weighted by molar-refractivity contribution is 0.236. The Hall–Kier alpha value is -1.78. The van der Waals surface area contributed by atoms with E-state index in [-0.39, 0.29) is 6.03 Å². The predicted octanol–water partition coefficient (Wildman–Crippen LogP) is 2.14. The third-order valence-corrected chi connectivity index (χ3v) is 3.40. The van der Waals surface area contributed by atoms with Crippen LogP contribution in [0.5, 0.6) is 5.88 Å². The molecule has 1 fully saturated rings. The van der Waals surface area contributed by atoms with Gasteiger partial charge < -0.3 is 15.4 Å². The lowest BCUT2D eigenvalue weighted by atomic mass is 10.2. The van der Waals surface area contributed by atoms with Gasteiger partial charge in [-0.15, -0.1) is 0 Å². The van der Waals surface area contributed by atoms with Gasteiger partial charge in [-0.25, -0.2) is 9.78 Å². The first kappa shape index (κ1) is 13.6. The van der Waals surface area contributed by atoms with Crippen molar-refractivity contribution in [2.75, 3.05) is 7.11 Å². The first-order chi connectivity index (χ1) is 9.19. The number of pyridine rings is 1. The van der Waals surface area contributed by atoms with Gasteiger partial charge in [-0.2, -0.15) is 0 Å². The molecule has 0 saturated heterocycles. The Kier molecular flexibility index (Phi) is 4.60. The highest BCUT2D eigenvalue weighted by molar-refractivity contribution is 5.74. The molecule has 2 N–H and O–H groups in total. The first-order valence-electron chi connectivity index (χ1n) is 6.74. The van der Waals surface area contributed by atoms with E-state index in [0.717, 1.165) is 24.1 Å². The maximum Gasteiger partial charge on any atom is 0.315 e. The summed E-state index contributed by atoms with van der Waals surface area (Å²) in [6.07, 6.45) is 4.59. The van der Waals surface area contributed by atoms with E-state index >= 15 is 0 Å². The number of urea groups is 1. The highest BCUT2D eigenvalue weighted by atomic mass is 16.5. The summed E-state index contributed by atoms with van der Waals surface area (Å²) < 4.78 is 5.21. The topological polar surface area (TPSA) is 63.2 Å². The molecule has 5 heteroatoms. The van der Waals surface area contributed by atoms with E-state index < -0.39 is 0 Å². The molecule has 2 rings (SSSR count). The van der Waals surface area contributed by atoms with Gasteiger partial charge in [-0.05, 0) is 25.8 Å². The van der Waals surface area contributed by atoms with E-state index in [2.05, 4.69) is 15.6 Å². The van der Waals surface area contributed by atoms with Crippen molar-refractivity contribution in [1.82, 2.24) is 15.6 Å². The van der Waals surface area contributed by atoms with Gasteiger partial charge in [0, 0.05) is 23.8 Å². The number of hydrogen-bond donors (Lipinski definition) is 2. The number of nitrogens with one attached hydrogen (secondary N) is 2. The number of rotatable bonds is 4. The lowest BCUT2D eigenvalue weighted by Gasteiger charge is -2.14. The second-order valence-corrected chi connectivity index (χ2v) is 4.93. The van der Waals surface area contributed by atoms with Gasteiger partial charge in [0.25, 0.3) is 0 Å². The second kappa shape index (κ2) is 6.41. The number of carbonyl (C=O) groups is 1. The van der Waals surface area contributed by atoms with Crippen LogP contribution in [0.1, 0.15) is 36.9 Å². The van der Waals surface area contributed by atoms with Crippen molar-refractivity contribution in [2.45, 2.75) is 45.2 Å². The average Bonchev–Trinajstić information content (AvgIpc) is 2.90. The van der Waals surface area contributed by atoms with E-state index in [4.69, 9.17) is 4.74 Å². The smallest absolute Gasteiger partial charge is 0.315 e. The van der Waals surface area contributed by atoms with Gasteiger partial charge in [0.15, 0.2) is 0 Å². The maximum absolute atomic E-state index is 11.8. The number of amides is 2. The molecule has 5 nitrogen and oxygen atoms in total. The van der Waals surface area contributed by atoms with Gasteiger partial charge in [0.1, 0.15) is 0 Å². The zero-order valence-electron chi connectivity index (χ0n) is 11.5. The van der Waals surface area contributed by atoms with Crippen molar-refractivity contribution in [3.05, 3.63) is 23.4 Å². The van der Waals surface area contributed by atoms with Crippen LogP contribution in [0.3, 0.4) is 0 Å². The Morgan fingerprint density at radius 2 is 2.16 bits per heavy atom. The molecular weight excluding hydrogens is 242 g/mol. The molecule has 0 atom stereocenters. The predicted molar refractivity (Wildman–Crippen MR) is 73.2 cm³/mol. The Morgan fingerprint density at radius 3 is 2.84 bits per heavy atom. The van der Waals surface area contributed by atoms with E-state index in [0.29, 0.717) is 18.5 Å². The van der Waals surface area contributed by atoms with E-state index in [1.807, 2.05) is 19.1 Å². The van der Waals surface area contributed by atoms with Crippen LogP contribution in [0.4, 0.5) is 4.79 Å². The van der Waals surface area contributed by atoms with Crippen LogP contribution >= 0.6 is 0 Å². The van der Waals surface area contributed by atoms with Crippen LogP contribution in [0.2, 0.25) is 0 Å². The van der Waals surface area contributed by atoms with Crippen LogP contribution in [0, 0.1) is 6.92 Å². The van der Waals surface area contributed by atoms with Crippen molar-refractivity contribution in [3.63, 3.8) is 0 Å². The van der Waals surface area contributed by atoms with E-state index in [1.54, 1.807) is 7.11 Å². The quantitative estimate of drug-likeness (QED) is 0.874. The molecule has 19 heavy (non-hydrogen) atoms. The maximum atomic E-state index is 11.8. The molecule has 1 aliphatic carbocycles. The van der Waals surface area contributed by atoms with Crippen molar-refractivity contribution >= 4 is 6.03 Å². The number of methoxy groups -OCH3 is 1. The van der Waals surface area contributed by atoms with E-state index in [9.17, 15) is 4.79 Å². The minimum absolute atomic E-state index is 0.116.